The number of hydrogen-bond acceptors (Lipinski definition) is 1. The lowest BCUT2D eigenvalue weighted by Crippen LogP contribution is -2.28. The van der Waals surface area contributed by atoms with Crippen LogP contribution in [0, 0.1) is 25.5 Å². The topological polar surface area (TPSA) is 12.0 Å². The minimum absolute atomic E-state index is 0.141. The zero-order valence-electron chi connectivity index (χ0n) is 12.7. The van der Waals surface area contributed by atoms with E-state index in [2.05, 4.69) is 5.32 Å². The maximum atomic E-state index is 13.6. The molecule has 1 nitrogen and oxygen atoms in total. The van der Waals surface area contributed by atoms with E-state index in [1.54, 1.807) is 26.0 Å². The van der Waals surface area contributed by atoms with Crippen molar-refractivity contribution in [3.05, 3.63) is 70.3 Å². The highest BCUT2D eigenvalue weighted by molar-refractivity contribution is 5.30. The highest BCUT2D eigenvalue weighted by atomic mass is 19.1. The Balaban J connectivity index is 1.95. The molecule has 0 heterocycles. The Hall–Kier alpha value is -1.74. The molecule has 21 heavy (non-hydrogen) atoms. The van der Waals surface area contributed by atoms with Crippen LogP contribution in [0.15, 0.2) is 36.4 Å². The Labute approximate surface area is 125 Å². The van der Waals surface area contributed by atoms with Crippen LogP contribution in [0.1, 0.15) is 29.2 Å². The van der Waals surface area contributed by atoms with E-state index in [-0.39, 0.29) is 17.7 Å². The summed E-state index contributed by atoms with van der Waals surface area (Å²) in [5.41, 5.74) is 3.08. The SMILES string of the molecule is Cc1cc(CNC(C)Cc2ccccc2F)cc(C)c1F. The van der Waals surface area contributed by atoms with Crippen molar-refractivity contribution in [1.29, 1.82) is 0 Å². The molecule has 0 aliphatic carbocycles. The van der Waals surface area contributed by atoms with Crippen LogP contribution >= 0.6 is 0 Å². The van der Waals surface area contributed by atoms with Gasteiger partial charge in [-0.15, -0.1) is 0 Å². The van der Waals surface area contributed by atoms with Gasteiger partial charge in [0.15, 0.2) is 0 Å². The van der Waals surface area contributed by atoms with E-state index in [1.165, 1.54) is 6.07 Å². The van der Waals surface area contributed by atoms with Crippen LogP contribution < -0.4 is 5.32 Å². The van der Waals surface area contributed by atoms with Gasteiger partial charge >= 0.3 is 0 Å². The summed E-state index contributed by atoms with van der Waals surface area (Å²) < 4.78 is 27.2. The second-order valence-electron chi connectivity index (χ2n) is 5.62. The normalized spacial score (nSPS) is 12.4. The average molecular weight is 289 g/mol. The predicted octanol–water partition coefficient (Wildman–Crippen LogP) is 4.30. The van der Waals surface area contributed by atoms with Crippen molar-refractivity contribution in [1.82, 2.24) is 5.32 Å². The smallest absolute Gasteiger partial charge is 0.129 e. The van der Waals surface area contributed by atoms with Gasteiger partial charge in [0.2, 0.25) is 0 Å². The Kier molecular flexibility index (Phi) is 5.07. The van der Waals surface area contributed by atoms with Gasteiger partial charge in [0.1, 0.15) is 11.6 Å². The molecule has 0 spiro atoms. The first-order valence-corrected chi connectivity index (χ1v) is 7.19. The third-order valence-electron chi connectivity index (χ3n) is 3.63. The molecule has 2 rings (SSSR count). The zero-order chi connectivity index (χ0) is 15.4. The number of hydrogen-bond donors (Lipinski definition) is 1. The molecule has 0 aromatic heterocycles. The summed E-state index contributed by atoms with van der Waals surface area (Å²) in [5.74, 6) is -0.308. The molecule has 2 aromatic carbocycles. The van der Waals surface area contributed by atoms with E-state index in [9.17, 15) is 8.78 Å². The molecule has 3 heteroatoms. The predicted molar refractivity (Wildman–Crippen MR) is 82.3 cm³/mol. The Morgan fingerprint density at radius 2 is 1.67 bits per heavy atom. The summed E-state index contributed by atoms with van der Waals surface area (Å²) in [6.07, 6.45) is 0.631. The molecule has 0 aliphatic heterocycles. The summed E-state index contributed by atoms with van der Waals surface area (Å²) in [6.45, 7) is 6.22. The molecule has 0 radical (unpaired) electrons. The number of halogens is 2. The van der Waals surface area contributed by atoms with Crippen molar-refractivity contribution < 1.29 is 8.78 Å². The highest BCUT2D eigenvalue weighted by Gasteiger charge is 2.08. The van der Waals surface area contributed by atoms with Gasteiger partial charge in [-0.1, -0.05) is 30.3 Å². The number of aryl methyl sites for hydroxylation is 2. The van der Waals surface area contributed by atoms with Crippen LogP contribution in [0.5, 0.6) is 0 Å². The summed E-state index contributed by atoms with van der Waals surface area (Å²) >= 11 is 0. The highest BCUT2D eigenvalue weighted by Crippen LogP contribution is 2.15. The summed E-state index contributed by atoms with van der Waals surface area (Å²) in [4.78, 5) is 0. The Bertz CT molecular complexity index is 599. The third kappa shape index (κ3) is 4.11. The minimum atomic E-state index is -0.167. The van der Waals surface area contributed by atoms with Crippen molar-refractivity contribution in [2.24, 2.45) is 0 Å². The van der Waals surface area contributed by atoms with Crippen molar-refractivity contribution in [3.63, 3.8) is 0 Å². The molecule has 112 valence electrons. The van der Waals surface area contributed by atoms with Gasteiger partial charge in [0.05, 0.1) is 0 Å². The van der Waals surface area contributed by atoms with Crippen LogP contribution in [0.4, 0.5) is 8.78 Å². The van der Waals surface area contributed by atoms with Gasteiger partial charge in [0.25, 0.3) is 0 Å². The first-order valence-electron chi connectivity index (χ1n) is 7.19. The summed E-state index contributed by atoms with van der Waals surface area (Å²) in [6, 6.07) is 10.7. The van der Waals surface area contributed by atoms with Crippen LogP contribution in [0.25, 0.3) is 0 Å². The third-order valence-corrected chi connectivity index (χ3v) is 3.63. The quantitative estimate of drug-likeness (QED) is 0.865. The lowest BCUT2D eigenvalue weighted by atomic mass is 10.0. The molecular formula is C18H21F2N. The second kappa shape index (κ2) is 6.81. The van der Waals surface area contributed by atoms with Gasteiger partial charge in [-0.25, -0.2) is 8.78 Å². The van der Waals surface area contributed by atoms with Crippen molar-refractivity contribution in [3.8, 4) is 0 Å². The molecule has 0 saturated heterocycles. The number of nitrogens with one attached hydrogen (secondary N) is 1. The van der Waals surface area contributed by atoms with Crippen LogP contribution in [0.3, 0.4) is 0 Å². The van der Waals surface area contributed by atoms with E-state index in [1.807, 2.05) is 25.1 Å². The van der Waals surface area contributed by atoms with Gasteiger partial charge in [-0.2, -0.15) is 0 Å². The van der Waals surface area contributed by atoms with E-state index in [0.717, 1.165) is 5.56 Å². The Morgan fingerprint density at radius 1 is 1.05 bits per heavy atom. The lowest BCUT2D eigenvalue weighted by molar-refractivity contribution is 0.525. The second-order valence-corrected chi connectivity index (χ2v) is 5.62. The van der Waals surface area contributed by atoms with Crippen LogP contribution in [-0.4, -0.2) is 6.04 Å². The first-order chi connectivity index (χ1) is 9.97. The molecule has 2 aromatic rings. The Morgan fingerprint density at radius 3 is 2.29 bits per heavy atom. The molecule has 0 amide bonds. The molecular weight excluding hydrogens is 268 g/mol. The maximum absolute atomic E-state index is 13.6. The maximum Gasteiger partial charge on any atom is 0.129 e. The van der Waals surface area contributed by atoms with E-state index >= 15 is 0 Å². The molecule has 0 aliphatic rings. The van der Waals surface area contributed by atoms with Crippen LogP contribution in [0.2, 0.25) is 0 Å². The lowest BCUT2D eigenvalue weighted by Gasteiger charge is -2.15. The summed E-state index contributed by atoms with van der Waals surface area (Å²) in [7, 11) is 0. The van der Waals surface area contributed by atoms with Gasteiger partial charge in [-0.05, 0) is 55.5 Å². The van der Waals surface area contributed by atoms with Crippen molar-refractivity contribution >= 4 is 0 Å². The standard InChI is InChI=1S/C18H21F2N/c1-12-8-15(9-13(2)18(12)20)11-21-14(3)10-16-6-4-5-7-17(16)19/h4-9,14,21H,10-11H2,1-3H3. The fraction of sp³-hybridized carbons (Fsp3) is 0.333. The molecule has 1 unspecified atom stereocenters. The minimum Gasteiger partial charge on any atom is -0.310 e. The van der Waals surface area contributed by atoms with Gasteiger partial charge < -0.3 is 5.32 Å². The fourth-order valence-electron chi connectivity index (χ4n) is 2.50. The van der Waals surface area contributed by atoms with Gasteiger partial charge in [-0.3, -0.25) is 0 Å². The van der Waals surface area contributed by atoms with E-state index in [4.69, 9.17) is 0 Å². The largest absolute Gasteiger partial charge is 0.310 e. The first kappa shape index (κ1) is 15.6. The van der Waals surface area contributed by atoms with Crippen molar-refractivity contribution in [2.75, 3.05) is 0 Å². The monoisotopic (exact) mass is 289 g/mol. The van der Waals surface area contributed by atoms with Crippen LogP contribution in [-0.2, 0) is 13.0 Å². The molecule has 0 fully saturated rings. The van der Waals surface area contributed by atoms with Gasteiger partial charge in [0, 0.05) is 12.6 Å². The molecule has 0 bridgehead atoms. The fourth-order valence-corrected chi connectivity index (χ4v) is 2.50. The zero-order valence-corrected chi connectivity index (χ0v) is 12.7. The molecule has 1 atom stereocenters. The molecule has 0 saturated carbocycles. The average Bonchev–Trinajstić information content (AvgIpc) is 2.45. The number of benzene rings is 2. The summed E-state index contributed by atoms with van der Waals surface area (Å²) in [5, 5.41) is 3.36. The van der Waals surface area contributed by atoms with E-state index < -0.39 is 0 Å². The number of rotatable bonds is 5. The molecule has 1 N–H and O–H groups in total. The van der Waals surface area contributed by atoms with E-state index in [0.29, 0.717) is 29.7 Å². The van der Waals surface area contributed by atoms with Crippen molar-refractivity contribution in [2.45, 2.75) is 39.8 Å².